The maximum atomic E-state index is 12.2. The van der Waals surface area contributed by atoms with Gasteiger partial charge in [-0.15, -0.1) is 0 Å². The first kappa shape index (κ1) is 17.2. The molecule has 1 aliphatic rings. The Balaban J connectivity index is 1.67. The molecule has 1 aromatic heterocycles. The molecule has 2 atom stereocenters. The molecule has 2 aromatic rings. The zero-order valence-corrected chi connectivity index (χ0v) is 14.6. The van der Waals surface area contributed by atoms with Crippen LogP contribution < -0.4 is 5.32 Å². The van der Waals surface area contributed by atoms with Crippen LogP contribution in [0.4, 0.5) is 0 Å². The Hall–Kier alpha value is -2.58. The van der Waals surface area contributed by atoms with Crippen LogP contribution in [0.15, 0.2) is 36.8 Å². The second-order valence-electron chi connectivity index (χ2n) is 6.84. The summed E-state index contributed by atoms with van der Waals surface area (Å²) in [6.45, 7) is 2.02. The van der Waals surface area contributed by atoms with Gasteiger partial charge in [0.2, 0.25) is 0 Å². The molecule has 0 spiro atoms. The van der Waals surface area contributed by atoms with Crippen molar-refractivity contribution in [3.05, 3.63) is 53.6 Å². The van der Waals surface area contributed by atoms with Crippen molar-refractivity contribution in [3.8, 4) is 11.8 Å². The van der Waals surface area contributed by atoms with Crippen LogP contribution in [0.5, 0.6) is 0 Å². The third-order valence-corrected chi connectivity index (χ3v) is 4.46. The summed E-state index contributed by atoms with van der Waals surface area (Å²) in [6, 6.07) is 7.82. The summed E-state index contributed by atoms with van der Waals surface area (Å²) in [5, 5.41) is 13.8. The van der Waals surface area contributed by atoms with Gasteiger partial charge < -0.3 is 15.0 Å². The topological polar surface area (TPSA) is 67.2 Å². The van der Waals surface area contributed by atoms with E-state index in [0.717, 1.165) is 24.0 Å². The Morgan fingerprint density at radius 1 is 1.48 bits per heavy atom. The molecule has 0 unspecified atom stereocenters. The van der Waals surface area contributed by atoms with Crippen LogP contribution in [0.2, 0.25) is 0 Å². The highest BCUT2D eigenvalue weighted by Crippen LogP contribution is 2.28. The Bertz CT molecular complexity index is 831. The van der Waals surface area contributed by atoms with E-state index in [-0.39, 0.29) is 11.9 Å². The van der Waals surface area contributed by atoms with Crippen molar-refractivity contribution in [2.75, 3.05) is 0 Å². The first-order valence-corrected chi connectivity index (χ1v) is 8.55. The summed E-state index contributed by atoms with van der Waals surface area (Å²) in [5.74, 6) is 5.89. The van der Waals surface area contributed by atoms with Gasteiger partial charge in [-0.3, -0.25) is 4.79 Å². The first-order chi connectivity index (χ1) is 11.9. The lowest BCUT2D eigenvalue weighted by Gasteiger charge is -2.33. The van der Waals surface area contributed by atoms with Crippen molar-refractivity contribution in [2.45, 2.75) is 44.2 Å². The summed E-state index contributed by atoms with van der Waals surface area (Å²) in [6.07, 6.45) is 6.01. The van der Waals surface area contributed by atoms with E-state index in [2.05, 4.69) is 22.1 Å². The molecule has 0 bridgehead atoms. The second-order valence-corrected chi connectivity index (χ2v) is 6.84. The minimum atomic E-state index is -1.07. The molecule has 0 saturated heterocycles. The van der Waals surface area contributed by atoms with Crippen LogP contribution in [-0.4, -0.2) is 32.2 Å². The van der Waals surface area contributed by atoms with Gasteiger partial charge in [0.1, 0.15) is 11.3 Å². The number of carbonyl (C=O) groups is 1. The van der Waals surface area contributed by atoms with E-state index in [1.807, 2.05) is 38.2 Å². The fraction of sp³-hybridized carbons (Fsp3) is 0.400. The third kappa shape index (κ3) is 4.49. The number of benzene rings is 1. The smallest absolute Gasteiger partial charge is 0.271 e. The van der Waals surface area contributed by atoms with E-state index in [9.17, 15) is 9.90 Å². The fourth-order valence-electron chi connectivity index (χ4n) is 3.19. The van der Waals surface area contributed by atoms with Crippen molar-refractivity contribution in [2.24, 2.45) is 7.05 Å². The predicted octanol–water partition coefficient (Wildman–Crippen LogP) is 2.18. The molecular formula is C20H23N3O2. The van der Waals surface area contributed by atoms with Gasteiger partial charge in [0.25, 0.3) is 5.91 Å². The first-order valence-electron chi connectivity index (χ1n) is 8.55. The molecule has 1 heterocycles. The van der Waals surface area contributed by atoms with Crippen molar-refractivity contribution in [1.82, 2.24) is 14.9 Å². The maximum absolute atomic E-state index is 12.2. The summed E-state index contributed by atoms with van der Waals surface area (Å²) in [4.78, 5) is 16.3. The van der Waals surface area contributed by atoms with Crippen LogP contribution in [0.25, 0.3) is 0 Å². The van der Waals surface area contributed by atoms with Gasteiger partial charge in [-0.2, -0.15) is 0 Å². The largest absolute Gasteiger partial charge is 0.378 e. The maximum Gasteiger partial charge on any atom is 0.271 e. The number of hydrogen-bond donors (Lipinski definition) is 2. The zero-order valence-electron chi connectivity index (χ0n) is 14.6. The minimum Gasteiger partial charge on any atom is -0.378 e. The van der Waals surface area contributed by atoms with Gasteiger partial charge in [-0.1, -0.05) is 24.0 Å². The molecule has 2 N–H and O–H groups in total. The van der Waals surface area contributed by atoms with E-state index < -0.39 is 5.60 Å². The third-order valence-electron chi connectivity index (χ3n) is 4.46. The molecule has 1 aliphatic carbocycles. The van der Waals surface area contributed by atoms with Gasteiger partial charge in [0, 0.05) is 31.3 Å². The normalized spacial score (nSPS) is 22.8. The van der Waals surface area contributed by atoms with E-state index in [0.29, 0.717) is 18.5 Å². The summed E-state index contributed by atoms with van der Waals surface area (Å²) >= 11 is 0. The van der Waals surface area contributed by atoms with Crippen LogP contribution in [0.1, 0.15) is 47.3 Å². The molecule has 5 heteroatoms. The Kier molecular flexibility index (Phi) is 4.91. The number of nitrogens with one attached hydrogen (secondary N) is 1. The number of imidazole rings is 1. The number of amides is 1. The quantitative estimate of drug-likeness (QED) is 0.826. The lowest BCUT2D eigenvalue weighted by atomic mass is 9.82. The molecule has 25 heavy (non-hydrogen) atoms. The van der Waals surface area contributed by atoms with Crippen molar-refractivity contribution >= 4 is 5.91 Å². The summed E-state index contributed by atoms with van der Waals surface area (Å²) in [7, 11) is 1.82. The van der Waals surface area contributed by atoms with Gasteiger partial charge >= 0.3 is 0 Å². The van der Waals surface area contributed by atoms with E-state index in [4.69, 9.17) is 0 Å². The van der Waals surface area contributed by atoms with E-state index in [1.165, 1.54) is 0 Å². The average Bonchev–Trinajstić information content (AvgIpc) is 3.00. The highest BCUT2D eigenvalue weighted by atomic mass is 16.3. The molecule has 0 radical (unpaired) electrons. The molecule has 1 amide bonds. The van der Waals surface area contributed by atoms with Crippen LogP contribution in [-0.2, 0) is 7.05 Å². The lowest BCUT2D eigenvalue weighted by Crippen LogP contribution is -2.45. The van der Waals surface area contributed by atoms with Crippen LogP contribution in [0.3, 0.4) is 0 Å². The molecule has 5 nitrogen and oxygen atoms in total. The fourth-order valence-corrected chi connectivity index (χ4v) is 3.19. The number of aliphatic hydroxyl groups is 1. The minimum absolute atomic E-state index is 0.0972. The SMILES string of the molecule is Cc1cccc(C#C[C@@]2(O)CCC[C@@H](NC(=O)c3cn(C)cn3)C2)c1. The van der Waals surface area contributed by atoms with Gasteiger partial charge in [-0.25, -0.2) is 4.98 Å². The van der Waals surface area contributed by atoms with E-state index >= 15 is 0 Å². The number of nitrogens with zero attached hydrogens (tertiary/aromatic N) is 2. The highest BCUT2D eigenvalue weighted by molar-refractivity contribution is 5.92. The lowest BCUT2D eigenvalue weighted by molar-refractivity contribution is 0.0451. The molecule has 3 rings (SSSR count). The standard InChI is InChI=1S/C20H23N3O2/c1-15-5-3-6-16(11-15)8-10-20(25)9-4-7-17(12-20)22-19(24)18-13-23(2)14-21-18/h3,5-6,11,13-14,17,25H,4,7,9,12H2,1-2H3,(H,22,24)/t17-,20+/m1/s1. The monoisotopic (exact) mass is 337 g/mol. The van der Waals surface area contributed by atoms with Crippen molar-refractivity contribution < 1.29 is 9.90 Å². The zero-order chi connectivity index (χ0) is 17.9. The van der Waals surface area contributed by atoms with Crippen LogP contribution >= 0.6 is 0 Å². The number of carbonyl (C=O) groups excluding carboxylic acids is 1. The average molecular weight is 337 g/mol. The molecule has 1 fully saturated rings. The van der Waals surface area contributed by atoms with Gasteiger partial charge in [0.05, 0.1) is 6.33 Å². The summed E-state index contributed by atoms with van der Waals surface area (Å²) in [5.41, 5.74) is 1.36. The molecule has 1 aromatic carbocycles. The Morgan fingerprint density at radius 2 is 2.32 bits per heavy atom. The van der Waals surface area contributed by atoms with E-state index in [1.54, 1.807) is 17.1 Å². The predicted molar refractivity (Wildman–Crippen MR) is 95.9 cm³/mol. The molecule has 130 valence electrons. The summed E-state index contributed by atoms with van der Waals surface area (Å²) < 4.78 is 1.74. The molecule has 0 aliphatic heterocycles. The number of aryl methyl sites for hydroxylation is 2. The number of aromatic nitrogens is 2. The Morgan fingerprint density at radius 3 is 3.04 bits per heavy atom. The van der Waals surface area contributed by atoms with Crippen LogP contribution in [0, 0.1) is 18.8 Å². The number of rotatable bonds is 2. The second kappa shape index (κ2) is 7.12. The Labute approximate surface area is 148 Å². The van der Waals surface area contributed by atoms with Gasteiger partial charge in [-0.05, 0) is 43.9 Å². The molecule has 1 saturated carbocycles. The highest BCUT2D eigenvalue weighted by Gasteiger charge is 2.33. The van der Waals surface area contributed by atoms with Gasteiger partial charge in [0.15, 0.2) is 0 Å². The van der Waals surface area contributed by atoms with Crippen molar-refractivity contribution in [1.29, 1.82) is 0 Å². The number of hydrogen-bond acceptors (Lipinski definition) is 3. The van der Waals surface area contributed by atoms with Crippen molar-refractivity contribution in [3.63, 3.8) is 0 Å². The molecular weight excluding hydrogens is 314 g/mol.